The zero-order valence-electron chi connectivity index (χ0n) is 12.1. The Hall–Kier alpha value is -1.03. The third-order valence-electron chi connectivity index (χ3n) is 4.32. The van der Waals surface area contributed by atoms with Crippen LogP contribution in [-0.4, -0.2) is 18.6 Å². The molecule has 0 radical (unpaired) electrons. The van der Waals surface area contributed by atoms with Crippen LogP contribution < -0.4 is 5.32 Å². The lowest BCUT2D eigenvalue weighted by molar-refractivity contribution is -0.147. The van der Waals surface area contributed by atoms with Gasteiger partial charge in [0.2, 0.25) is 0 Å². The molecule has 20 heavy (non-hydrogen) atoms. The molecule has 0 unspecified atom stereocenters. The Kier molecular flexibility index (Phi) is 5.08. The number of methoxy groups -OCH3 is 1. The van der Waals surface area contributed by atoms with Gasteiger partial charge in [-0.1, -0.05) is 35.3 Å². The van der Waals surface area contributed by atoms with Crippen molar-refractivity contribution in [2.75, 3.05) is 12.4 Å². The molecule has 0 aromatic heterocycles. The van der Waals surface area contributed by atoms with E-state index in [9.17, 15) is 4.79 Å². The molecule has 1 saturated carbocycles. The molecule has 0 saturated heterocycles. The van der Waals surface area contributed by atoms with Crippen LogP contribution in [0.25, 0.3) is 0 Å². The molecule has 0 aliphatic heterocycles. The molecular weight excluding hydrogens is 318 g/mol. The van der Waals surface area contributed by atoms with E-state index in [1.54, 1.807) is 0 Å². The van der Waals surface area contributed by atoms with Crippen molar-refractivity contribution >= 4 is 27.6 Å². The average Bonchev–Trinajstić information content (AvgIpc) is 2.47. The van der Waals surface area contributed by atoms with Gasteiger partial charge >= 0.3 is 5.97 Å². The summed E-state index contributed by atoms with van der Waals surface area (Å²) in [5.41, 5.74) is 0.390. The number of anilines is 1. The normalized spacial score (nSPS) is 26.1. The summed E-state index contributed by atoms with van der Waals surface area (Å²) in [5.74, 6) is 0.587. The summed E-state index contributed by atoms with van der Waals surface area (Å²) >= 11 is 3.46. The molecule has 0 atom stereocenters. The van der Waals surface area contributed by atoms with Crippen LogP contribution in [0.2, 0.25) is 0 Å². The van der Waals surface area contributed by atoms with Gasteiger partial charge in [-0.15, -0.1) is 0 Å². The Labute approximate surface area is 129 Å². The van der Waals surface area contributed by atoms with E-state index in [4.69, 9.17) is 4.74 Å². The van der Waals surface area contributed by atoms with Gasteiger partial charge in [-0.25, -0.2) is 4.79 Å². The Morgan fingerprint density at radius 3 is 2.70 bits per heavy atom. The van der Waals surface area contributed by atoms with Gasteiger partial charge in [-0.05, 0) is 49.8 Å². The van der Waals surface area contributed by atoms with Crippen molar-refractivity contribution in [1.29, 1.82) is 0 Å². The molecule has 0 amide bonds. The van der Waals surface area contributed by atoms with Gasteiger partial charge in [0.25, 0.3) is 0 Å². The van der Waals surface area contributed by atoms with Gasteiger partial charge in [-0.3, -0.25) is 0 Å². The number of carbonyl (C=O) groups is 1. The summed E-state index contributed by atoms with van der Waals surface area (Å²) in [6, 6.07) is 7.93. The van der Waals surface area contributed by atoms with Crippen molar-refractivity contribution in [3.63, 3.8) is 0 Å². The van der Waals surface area contributed by atoms with Gasteiger partial charge in [0.1, 0.15) is 5.54 Å². The van der Waals surface area contributed by atoms with Crippen LogP contribution >= 0.6 is 15.9 Å². The molecule has 2 rings (SSSR count). The number of ether oxygens (including phenoxy) is 1. The van der Waals surface area contributed by atoms with Crippen LogP contribution in [-0.2, 0) is 9.53 Å². The molecule has 0 bridgehead atoms. The molecule has 4 heteroatoms. The maximum Gasteiger partial charge on any atom is 0.331 e. The molecule has 110 valence electrons. The second-order valence-corrected chi connectivity index (χ2v) is 6.48. The van der Waals surface area contributed by atoms with Gasteiger partial charge in [0, 0.05) is 10.2 Å². The fourth-order valence-electron chi connectivity index (χ4n) is 3.00. The number of esters is 1. The standard InChI is InChI=1S/C16H22BrNO2/c1-3-12-7-9-16(10-8-12,15(19)20-2)18-14-6-4-5-13(17)11-14/h4-6,11-12,18H,3,7-10H2,1-2H3. The second kappa shape index (κ2) is 6.61. The van der Waals surface area contributed by atoms with Crippen molar-refractivity contribution < 1.29 is 9.53 Å². The Balaban J connectivity index is 2.18. The predicted octanol–water partition coefficient (Wildman–Crippen LogP) is 4.37. The fraction of sp³-hybridized carbons (Fsp3) is 0.562. The Morgan fingerprint density at radius 1 is 1.45 bits per heavy atom. The highest BCUT2D eigenvalue weighted by Crippen LogP contribution is 2.37. The van der Waals surface area contributed by atoms with E-state index in [0.29, 0.717) is 0 Å². The lowest BCUT2D eigenvalue weighted by atomic mass is 9.75. The first-order valence-electron chi connectivity index (χ1n) is 7.22. The molecule has 3 nitrogen and oxygen atoms in total. The molecule has 1 aliphatic rings. The summed E-state index contributed by atoms with van der Waals surface area (Å²) in [6.07, 6.45) is 5.02. The highest BCUT2D eigenvalue weighted by Gasteiger charge is 2.42. The number of rotatable bonds is 4. The van der Waals surface area contributed by atoms with Crippen LogP contribution in [0.3, 0.4) is 0 Å². The monoisotopic (exact) mass is 339 g/mol. The molecule has 1 aliphatic carbocycles. The maximum atomic E-state index is 12.3. The van der Waals surface area contributed by atoms with Crippen LogP contribution in [0, 0.1) is 5.92 Å². The number of benzene rings is 1. The van der Waals surface area contributed by atoms with Gasteiger partial charge in [0.15, 0.2) is 0 Å². The summed E-state index contributed by atoms with van der Waals surface area (Å²) in [4.78, 5) is 12.3. The molecule has 1 N–H and O–H groups in total. The Bertz CT molecular complexity index is 467. The summed E-state index contributed by atoms with van der Waals surface area (Å²) in [6.45, 7) is 2.22. The van der Waals surface area contributed by atoms with E-state index < -0.39 is 5.54 Å². The van der Waals surface area contributed by atoms with Crippen molar-refractivity contribution in [1.82, 2.24) is 0 Å². The van der Waals surface area contributed by atoms with Crippen molar-refractivity contribution in [3.05, 3.63) is 28.7 Å². The van der Waals surface area contributed by atoms with E-state index in [0.717, 1.165) is 41.8 Å². The highest BCUT2D eigenvalue weighted by atomic mass is 79.9. The predicted molar refractivity (Wildman–Crippen MR) is 84.8 cm³/mol. The number of hydrogen-bond donors (Lipinski definition) is 1. The molecule has 1 aromatic carbocycles. The SMILES string of the molecule is CCC1CCC(Nc2cccc(Br)c2)(C(=O)OC)CC1. The number of hydrogen-bond acceptors (Lipinski definition) is 3. The number of carbonyl (C=O) groups excluding carboxylic acids is 1. The second-order valence-electron chi connectivity index (χ2n) is 5.56. The zero-order chi connectivity index (χ0) is 14.6. The van der Waals surface area contributed by atoms with Crippen LogP contribution in [0.15, 0.2) is 28.7 Å². The van der Waals surface area contributed by atoms with Gasteiger partial charge in [-0.2, -0.15) is 0 Å². The molecule has 0 heterocycles. The van der Waals surface area contributed by atoms with E-state index in [1.807, 2.05) is 24.3 Å². The minimum atomic E-state index is -0.568. The highest BCUT2D eigenvalue weighted by molar-refractivity contribution is 9.10. The van der Waals surface area contributed by atoms with Crippen LogP contribution in [0.5, 0.6) is 0 Å². The summed E-state index contributed by atoms with van der Waals surface area (Å²) in [7, 11) is 1.47. The topological polar surface area (TPSA) is 38.3 Å². The van der Waals surface area contributed by atoms with Crippen molar-refractivity contribution in [2.24, 2.45) is 5.92 Å². The van der Waals surface area contributed by atoms with E-state index in [-0.39, 0.29) is 5.97 Å². The molecule has 0 spiro atoms. The third kappa shape index (κ3) is 3.35. The summed E-state index contributed by atoms with van der Waals surface area (Å²) in [5, 5.41) is 3.43. The number of halogens is 1. The van der Waals surface area contributed by atoms with Crippen molar-refractivity contribution in [2.45, 2.75) is 44.6 Å². The smallest absolute Gasteiger partial charge is 0.331 e. The third-order valence-corrected chi connectivity index (χ3v) is 4.81. The molecular formula is C16H22BrNO2. The largest absolute Gasteiger partial charge is 0.467 e. The first kappa shape index (κ1) is 15.4. The van der Waals surface area contributed by atoms with E-state index >= 15 is 0 Å². The number of nitrogens with one attached hydrogen (secondary N) is 1. The van der Waals surface area contributed by atoms with E-state index in [2.05, 4.69) is 28.2 Å². The first-order valence-corrected chi connectivity index (χ1v) is 8.01. The van der Waals surface area contributed by atoms with Gasteiger partial charge < -0.3 is 10.1 Å². The zero-order valence-corrected chi connectivity index (χ0v) is 13.7. The lowest BCUT2D eigenvalue weighted by Gasteiger charge is -2.39. The lowest BCUT2D eigenvalue weighted by Crippen LogP contribution is -2.49. The van der Waals surface area contributed by atoms with Gasteiger partial charge in [0.05, 0.1) is 7.11 Å². The Morgan fingerprint density at radius 2 is 2.15 bits per heavy atom. The summed E-state index contributed by atoms with van der Waals surface area (Å²) < 4.78 is 6.06. The maximum absolute atomic E-state index is 12.3. The quantitative estimate of drug-likeness (QED) is 0.827. The minimum Gasteiger partial charge on any atom is -0.467 e. The van der Waals surface area contributed by atoms with Crippen molar-refractivity contribution in [3.8, 4) is 0 Å². The van der Waals surface area contributed by atoms with Crippen LogP contribution in [0.4, 0.5) is 5.69 Å². The molecule has 1 aromatic rings. The molecule has 1 fully saturated rings. The minimum absolute atomic E-state index is 0.146. The van der Waals surface area contributed by atoms with Crippen LogP contribution in [0.1, 0.15) is 39.0 Å². The van der Waals surface area contributed by atoms with E-state index in [1.165, 1.54) is 13.5 Å². The average molecular weight is 340 g/mol. The first-order chi connectivity index (χ1) is 9.59. The fourth-order valence-corrected chi connectivity index (χ4v) is 3.40.